The molecule has 0 bridgehead atoms. The lowest BCUT2D eigenvalue weighted by molar-refractivity contribution is -0.136. The van der Waals surface area contributed by atoms with Crippen LogP contribution in [0.4, 0.5) is 0 Å². The summed E-state index contributed by atoms with van der Waals surface area (Å²) >= 11 is 6.44. The summed E-state index contributed by atoms with van der Waals surface area (Å²) in [5, 5.41) is 10.7. The number of carbonyl (C=O) groups is 1. The monoisotopic (exact) mass is 383 g/mol. The van der Waals surface area contributed by atoms with Gasteiger partial charge in [-0.15, -0.1) is 0 Å². The van der Waals surface area contributed by atoms with Crippen LogP contribution >= 0.6 is 11.6 Å². The highest BCUT2D eigenvalue weighted by molar-refractivity contribution is 6.30. The molecule has 0 amide bonds. The highest BCUT2D eigenvalue weighted by atomic mass is 35.5. The third-order valence-corrected chi connectivity index (χ3v) is 4.89. The Hall–Kier alpha value is -3.04. The highest BCUT2D eigenvalue weighted by Gasteiger charge is 2.37. The molecule has 6 nitrogen and oxygen atoms in total. The quantitative estimate of drug-likeness (QED) is 0.640. The smallest absolute Gasteiger partial charge is 0.338 e. The van der Waals surface area contributed by atoms with E-state index in [2.05, 4.69) is 11.9 Å². The molecule has 3 rings (SSSR count). The van der Waals surface area contributed by atoms with Crippen LogP contribution in [-0.4, -0.2) is 18.1 Å². The summed E-state index contributed by atoms with van der Waals surface area (Å²) in [6, 6.07) is 9.76. The maximum atomic E-state index is 12.4. The first-order valence-corrected chi connectivity index (χ1v) is 8.74. The minimum atomic E-state index is -0.814. The second-order valence-corrected chi connectivity index (χ2v) is 6.49. The number of allylic oxidation sites excluding steroid dienone is 2. The van der Waals surface area contributed by atoms with E-state index in [9.17, 15) is 10.1 Å². The molecule has 0 fully saturated rings. The summed E-state index contributed by atoms with van der Waals surface area (Å²) in [5.41, 5.74) is 8.54. The van der Waals surface area contributed by atoms with Gasteiger partial charge in [0.15, 0.2) is 0 Å². The lowest BCUT2D eigenvalue weighted by Gasteiger charge is -2.27. The third-order valence-electron chi connectivity index (χ3n) is 4.59. The number of ether oxygens (including phenoxy) is 2. The van der Waals surface area contributed by atoms with Gasteiger partial charge in [0.2, 0.25) is 5.88 Å². The molecule has 0 saturated heterocycles. The zero-order chi connectivity index (χ0) is 19.7. The number of fused-ring (bicyclic) bond motifs is 1. The Morgan fingerprint density at radius 2 is 2.19 bits per heavy atom. The molecular formula is C20H18ClN3O3. The fraction of sp³-hybridized carbons (Fsp3) is 0.250. The molecule has 0 unspecified atom stereocenters. The molecule has 7 heteroatoms. The molecule has 1 aromatic carbocycles. The van der Waals surface area contributed by atoms with Crippen LogP contribution in [0.15, 0.2) is 47.1 Å². The van der Waals surface area contributed by atoms with E-state index in [1.54, 1.807) is 6.92 Å². The molecule has 0 spiro atoms. The molecule has 138 valence electrons. The Morgan fingerprint density at radius 1 is 1.44 bits per heavy atom. The maximum Gasteiger partial charge on any atom is 0.338 e. The van der Waals surface area contributed by atoms with Crippen molar-refractivity contribution < 1.29 is 14.3 Å². The summed E-state index contributed by atoms with van der Waals surface area (Å²) in [5.74, 6) is -1.23. The van der Waals surface area contributed by atoms with Crippen LogP contribution in [0.25, 0.3) is 10.9 Å². The van der Waals surface area contributed by atoms with E-state index in [1.807, 2.05) is 30.3 Å². The van der Waals surface area contributed by atoms with Crippen LogP contribution in [0.1, 0.15) is 30.9 Å². The largest absolute Gasteiger partial charge is 0.466 e. The predicted octanol–water partition coefficient (Wildman–Crippen LogP) is 3.71. The van der Waals surface area contributed by atoms with Crippen LogP contribution in [0.2, 0.25) is 5.15 Å². The topological polar surface area (TPSA) is 98.2 Å². The number of hydrogen-bond donors (Lipinski definition) is 1. The Labute approximate surface area is 161 Å². The van der Waals surface area contributed by atoms with Gasteiger partial charge in [-0.1, -0.05) is 24.6 Å². The third kappa shape index (κ3) is 3.22. The maximum absolute atomic E-state index is 12.4. The Morgan fingerprint density at radius 3 is 2.81 bits per heavy atom. The molecule has 1 aliphatic rings. The van der Waals surface area contributed by atoms with Gasteiger partial charge < -0.3 is 15.2 Å². The summed E-state index contributed by atoms with van der Waals surface area (Å²) in [4.78, 5) is 16.8. The number of nitrogens with zero attached hydrogens (tertiary/aromatic N) is 2. The number of esters is 1. The molecule has 2 heterocycles. The van der Waals surface area contributed by atoms with E-state index in [0.717, 1.165) is 22.9 Å². The van der Waals surface area contributed by atoms with E-state index in [4.69, 9.17) is 26.8 Å². The van der Waals surface area contributed by atoms with E-state index >= 15 is 0 Å². The molecule has 27 heavy (non-hydrogen) atoms. The molecule has 0 saturated carbocycles. The van der Waals surface area contributed by atoms with Crippen molar-refractivity contribution >= 4 is 28.5 Å². The normalized spacial score (nSPS) is 16.9. The summed E-state index contributed by atoms with van der Waals surface area (Å²) in [6.07, 6.45) is 0.869. The van der Waals surface area contributed by atoms with Gasteiger partial charge in [-0.05, 0) is 37.1 Å². The van der Waals surface area contributed by atoms with Crippen LogP contribution in [0.5, 0.6) is 0 Å². The van der Waals surface area contributed by atoms with Crippen molar-refractivity contribution in [3.8, 4) is 6.07 Å². The lowest BCUT2D eigenvalue weighted by atomic mass is 9.83. The van der Waals surface area contributed by atoms with Gasteiger partial charge in [-0.3, -0.25) is 0 Å². The minimum Gasteiger partial charge on any atom is -0.466 e. The SMILES string of the molecule is CCc1ccc2nc(Cl)c([C@@H]3C(C#N)=C(N)OC(C)=C3C(=O)OC)cc2c1. The summed E-state index contributed by atoms with van der Waals surface area (Å²) in [6.45, 7) is 3.65. The van der Waals surface area contributed by atoms with Crippen molar-refractivity contribution in [3.63, 3.8) is 0 Å². The van der Waals surface area contributed by atoms with Gasteiger partial charge in [-0.25, -0.2) is 9.78 Å². The molecule has 1 atom stereocenters. The number of halogens is 1. The summed E-state index contributed by atoms with van der Waals surface area (Å²) < 4.78 is 10.3. The number of methoxy groups -OCH3 is 1. The number of aryl methyl sites for hydroxylation is 1. The molecule has 1 aliphatic heterocycles. The number of benzene rings is 1. The second-order valence-electron chi connectivity index (χ2n) is 6.14. The second kappa shape index (κ2) is 7.29. The zero-order valence-electron chi connectivity index (χ0n) is 15.2. The Kier molecular flexibility index (Phi) is 5.06. The zero-order valence-corrected chi connectivity index (χ0v) is 15.9. The number of carbonyl (C=O) groups excluding carboxylic acids is 1. The van der Waals surface area contributed by atoms with E-state index in [0.29, 0.717) is 5.56 Å². The minimum absolute atomic E-state index is 0.0638. The number of aromatic nitrogens is 1. The van der Waals surface area contributed by atoms with Crippen LogP contribution in [0, 0.1) is 11.3 Å². The van der Waals surface area contributed by atoms with Gasteiger partial charge in [-0.2, -0.15) is 5.26 Å². The predicted molar refractivity (Wildman–Crippen MR) is 101 cm³/mol. The van der Waals surface area contributed by atoms with Crippen molar-refractivity contribution in [1.29, 1.82) is 5.26 Å². The van der Waals surface area contributed by atoms with Gasteiger partial charge in [0.05, 0.1) is 24.1 Å². The van der Waals surface area contributed by atoms with Crippen LogP contribution in [0.3, 0.4) is 0 Å². The number of nitrogens with two attached hydrogens (primary N) is 1. The number of pyridine rings is 1. The van der Waals surface area contributed by atoms with Gasteiger partial charge in [0.1, 0.15) is 22.6 Å². The van der Waals surface area contributed by atoms with E-state index in [1.165, 1.54) is 7.11 Å². The van der Waals surface area contributed by atoms with Crippen molar-refractivity contribution in [2.24, 2.45) is 5.73 Å². The molecule has 0 radical (unpaired) electrons. The number of hydrogen-bond acceptors (Lipinski definition) is 6. The Bertz CT molecular complexity index is 1050. The van der Waals surface area contributed by atoms with Crippen molar-refractivity contribution in [2.45, 2.75) is 26.2 Å². The average Bonchev–Trinajstić information content (AvgIpc) is 2.66. The highest BCUT2D eigenvalue weighted by Crippen LogP contribution is 2.42. The van der Waals surface area contributed by atoms with Crippen LogP contribution in [-0.2, 0) is 20.7 Å². The van der Waals surface area contributed by atoms with E-state index in [-0.39, 0.29) is 27.9 Å². The molecule has 0 aliphatic carbocycles. The first-order valence-electron chi connectivity index (χ1n) is 8.37. The standard InChI is InChI=1S/C20H18ClN3O3/c1-4-11-5-6-15-12(7-11)8-13(18(21)24-15)17-14(9-22)19(23)27-10(2)16(17)20(25)26-3/h5-8,17H,4,23H2,1-3H3/t17-/m1/s1. The van der Waals surface area contributed by atoms with Gasteiger partial charge in [0, 0.05) is 10.9 Å². The van der Waals surface area contributed by atoms with Crippen molar-refractivity contribution in [1.82, 2.24) is 4.98 Å². The van der Waals surface area contributed by atoms with Gasteiger partial charge >= 0.3 is 5.97 Å². The lowest BCUT2D eigenvalue weighted by Crippen LogP contribution is -2.25. The first kappa shape index (κ1) is 18.7. The van der Waals surface area contributed by atoms with Crippen molar-refractivity contribution in [2.75, 3.05) is 7.11 Å². The summed E-state index contributed by atoms with van der Waals surface area (Å²) in [7, 11) is 1.27. The molecule has 2 aromatic rings. The Balaban J connectivity index is 2.29. The number of rotatable bonds is 3. The average molecular weight is 384 g/mol. The van der Waals surface area contributed by atoms with Crippen LogP contribution < -0.4 is 5.73 Å². The van der Waals surface area contributed by atoms with Gasteiger partial charge in [0.25, 0.3) is 0 Å². The fourth-order valence-corrected chi connectivity index (χ4v) is 3.46. The number of nitriles is 1. The van der Waals surface area contributed by atoms with E-state index < -0.39 is 11.9 Å². The molecule has 2 N–H and O–H groups in total. The first-order chi connectivity index (χ1) is 12.9. The fourth-order valence-electron chi connectivity index (χ4n) is 3.21. The van der Waals surface area contributed by atoms with Crippen molar-refractivity contribution in [3.05, 3.63) is 63.3 Å². The molecule has 1 aromatic heterocycles. The molecular weight excluding hydrogens is 366 g/mol.